The number of benzene rings is 1. The fraction of sp³-hybridized carbons (Fsp3) is 0.500. The number of nitrogens with two attached hydrogens (primary N) is 1. The van der Waals surface area contributed by atoms with E-state index in [4.69, 9.17) is 15.2 Å². The number of ether oxygens (including phenoxy) is 2. The summed E-state index contributed by atoms with van der Waals surface area (Å²) in [6.45, 7) is 4.40. The number of alkyl halides is 2. The molecule has 0 bridgehead atoms. The summed E-state index contributed by atoms with van der Waals surface area (Å²) in [7, 11) is 0. The van der Waals surface area contributed by atoms with Gasteiger partial charge in [-0.25, -0.2) is 8.78 Å². The Kier molecular flexibility index (Phi) is 5.15. The Labute approximate surface area is 99.5 Å². The lowest BCUT2D eigenvalue weighted by atomic mass is 10.2. The molecule has 0 unspecified atom stereocenters. The van der Waals surface area contributed by atoms with E-state index >= 15 is 0 Å². The Morgan fingerprint density at radius 1 is 1.24 bits per heavy atom. The van der Waals surface area contributed by atoms with Crippen molar-refractivity contribution in [2.45, 2.75) is 26.4 Å². The summed E-state index contributed by atoms with van der Waals surface area (Å²) in [4.78, 5) is 0. The molecule has 0 heterocycles. The first-order valence-corrected chi connectivity index (χ1v) is 5.42. The number of rotatable bonds is 6. The van der Waals surface area contributed by atoms with Gasteiger partial charge < -0.3 is 15.2 Å². The summed E-state index contributed by atoms with van der Waals surface area (Å²) in [6.07, 6.45) is -2.50. The van der Waals surface area contributed by atoms with Gasteiger partial charge >= 0.3 is 0 Å². The van der Waals surface area contributed by atoms with Crippen molar-refractivity contribution in [2.75, 3.05) is 18.9 Å². The molecule has 1 aromatic rings. The topological polar surface area (TPSA) is 44.5 Å². The molecular formula is C12H17F2NO2. The molecule has 17 heavy (non-hydrogen) atoms. The highest BCUT2D eigenvalue weighted by molar-refractivity contribution is 5.48. The number of nitrogen functional groups attached to an aromatic ring is 1. The summed E-state index contributed by atoms with van der Waals surface area (Å²) in [5.41, 5.74) is 5.56. The zero-order valence-corrected chi connectivity index (χ0v) is 9.95. The van der Waals surface area contributed by atoms with Gasteiger partial charge in [-0.05, 0) is 32.0 Å². The molecule has 5 heteroatoms. The second-order valence-corrected chi connectivity index (χ2v) is 3.87. The molecule has 0 atom stereocenters. The summed E-state index contributed by atoms with van der Waals surface area (Å²) in [6, 6.07) is 4.21. The van der Waals surface area contributed by atoms with Gasteiger partial charge in [-0.3, -0.25) is 0 Å². The van der Waals surface area contributed by atoms with Gasteiger partial charge in [0, 0.05) is 5.69 Å². The quantitative estimate of drug-likeness (QED) is 0.619. The average molecular weight is 245 g/mol. The van der Waals surface area contributed by atoms with Gasteiger partial charge in [0.25, 0.3) is 6.43 Å². The number of hydrogen-bond acceptors (Lipinski definition) is 3. The minimum atomic E-state index is -2.60. The van der Waals surface area contributed by atoms with Crippen molar-refractivity contribution in [3.05, 3.63) is 23.8 Å². The molecule has 1 rings (SSSR count). The van der Waals surface area contributed by atoms with Crippen LogP contribution in [-0.2, 0) is 4.74 Å². The van der Waals surface area contributed by atoms with Crippen molar-refractivity contribution in [1.82, 2.24) is 0 Å². The van der Waals surface area contributed by atoms with Crippen LogP contribution in [0.2, 0.25) is 0 Å². The molecule has 0 aliphatic heterocycles. The molecule has 0 aromatic heterocycles. The summed E-state index contributed by atoms with van der Waals surface area (Å²) < 4.78 is 35.9. The van der Waals surface area contributed by atoms with Crippen LogP contribution in [0, 0.1) is 0 Å². The van der Waals surface area contributed by atoms with Crippen LogP contribution in [0.25, 0.3) is 0 Å². The molecule has 0 amide bonds. The van der Waals surface area contributed by atoms with Crippen molar-refractivity contribution in [3.8, 4) is 5.75 Å². The highest BCUT2D eigenvalue weighted by Gasteiger charge is 2.14. The molecule has 96 valence electrons. The summed E-state index contributed by atoms with van der Waals surface area (Å²) >= 11 is 0. The molecule has 0 saturated carbocycles. The SMILES string of the molecule is CC(C)OCCOc1ccc(N)cc1C(F)F. The highest BCUT2D eigenvalue weighted by Crippen LogP contribution is 2.30. The smallest absolute Gasteiger partial charge is 0.267 e. The minimum absolute atomic E-state index is 0.0968. The fourth-order valence-corrected chi connectivity index (χ4v) is 1.30. The monoisotopic (exact) mass is 245 g/mol. The Morgan fingerprint density at radius 2 is 1.94 bits per heavy atom. The van der Waals surface area contributed by atoms with E-state index in [1.165, 1.54) is 18.2 Å². The van der Waals surface area contributed by atoms with Crippen LogP contribution in [0.1, 0.15) is 25.8 Å². The van der Waals surface area contributed by atoms with E-state index in [9.17, 15) is 8.78 Å². The van der Waals surface area contributed by atoms with Crippen LogP contribution in [0.3, 0.4) is 0 Å². The molecule has 0 aliphatic carbocycles. The van der Waals surface area contributed by atoms with E-state index < -0.39 is 6.43 Å². The molecule has 2 N–H and O–H groups in total. The first kappa shape index (κ1) is 13.7. The lowest BCUT2D eigenvalue weighted by molar-refractivity contribution is 0.0537. The molecule has 0 aliphatic rings. The van der Waals surface area contributed by atoms with Crippen molar-refractivity contribution in [3.63, 3.8) is 0 Å². The zero-order valence-electron chi connectivity index (χ0n) is 9.95. The predicted molar refractivity (Wildman–Crippen MR) is 62.4 cm³/mol. The van der Waals surface area contributed by atoms with Crippen LogP contribution in [0.15, 0.2) is 18.2 Å². The normalized spacial score (nSPS) is 11.2. The van der Waals surface area contributed by atoms with Crippen LogP contribution in [0.4, 0.5) is 14.5 Å². The Morgan fingerprint density at radius 3 is 2.53 bits per heavy atom. The second-order valence-electron chi connectivity index (χ2n) is 3.87. The molecular weight excluding hydrogens is 228 g/mol. The van der Waals surface area contributed by atoms with Crippen molar-refractivity contribution >= 4 is 5.69 Å². The van der Waals surface area contributed by atoms with Crippen molar-refractivity contribution < 1.29 is 18.3 Å². The van der Waals surface area contributed by atoms with Gasteiger partial charge in [0.1, 0.15) is 12.4 Å². The third kappa shape index (κ3) is 4.56. The Balaban J connectivity index is 2.58. The molecule has 0 spiro atoms. The fourth-order valence-electron chi connectivity index (χ4n) is 1.30. The van der Waals surface area contributed by atoms with E-state index in [1.807, 2.05) is 13.8 Å². The molecule has 3 nitrogen and oxygen atoms in total. The van der Waals surface area contributed by atoms with E-state index in [-0.39, 0.29) is 24.0 Å². The molecule has 0 saturated heterocycles. The van der Waals surface area contributed by atoms with Crippen LogP contribution >= 0.6 is 0 Å². The summed E-state index contributed by atoms with van der Waals surface area (Å²) in [5, 5.41) is 0. The maximum absolute atomic E-state index is 12.7. The van der Waals surface area contributed by atoms with Crippen LogP contribution in [-0.4, -0.2) is 19.3 Å². The van der Waals surface area contributed by atoms with E-state index in [0.29, 0.717) is 12.3 Å². The van der Waals surface area contributed by atoms with E-state index in [0.717, 1.165) is 0 Å². The Bertz CT molecular complexity index is 356. The van der Waals surface area contributed by atoms with Crippen molar-refractivity contribution in [1.29, 1.82) is 0 Å². The first-order chi connectivity index (χ1) is 8.00. The lowest BCUT2D eigenvalue weighted by Crippen LogP contribution is -2.12. The molecule has 1 aromatic carbocycles. The van der Waals surface area contributed by atoms with Crippen LogP contribution < -0.4 is 10.5 Å². The maximum atomic E-state index is 12.7. The third-order valence-corrected chi connectivity index (χ3v) is 2.06. The van der Waals surface area contributed by atoms with Gasteiger partial charge in [0.2, 0.25) is 0 Å². The summed E-state index contributed by atoms with van der Waals surface area (Å²) in [5.74, 6) is 0.154. The van der Waals surface area contributed by atoms with Gasteiger partial charge in [-0.15, -0.1) is 0 Å². The predicted octanol–water partition coefficient (Wildman–Crippen LogP) is 3.01. The average Bonchev–Trinajstić information content (AvgIpc) is 2.25. The first-order valence-electron chi connectivity index (χ1n) is 5.42. The number of hydrogen-bond donors (Lipinski definition) is 1. The highest BCUT2D eigenvalue weighted by atomic mass is 19.3. The van der Waals surface area contributed by atoms with Crippen molar-refractivity contribution in [2.24, 2.45) is 0 Å². The molecule has 0 radical (unpaired) electrons. The van der Waals surface area contributed by atoms with E-state index in [1.54, 1.807) is 0 Å². The van der Waals surface area contributed by atoms with Gasteiger partial charge in [-0.1, -0.05) is 0 Å². The second kappa shape index (κ2) is 6.39. The Hall–Kier alpha value is -1.36. The van der Waals surface area contributed by atoms with Gasteiger partial charge in [0.05, 0.1) is 18.3 Å². The number of halogens is 2. The molecule has 0 fully saturated rings. The lowest BCUT2D eigenvalue weighted by Gasteiger charge is -2.12. The maximum Gasteiger partial charge on any atom is 0.267 e. The van der Waals surface area contributed by atoms with Gasteiger partial charge in [-0.2, -0.15) is 0 Å². The standard InChI is InChI=1S/C12H17F2NO2/c1-8(2)16-5-6-17-11-4-3-9(15)7-10(11)12(13)14/h3-4,7-8,12H,5-6,15H2,1-2H3. The van der Waals surface area contributed by atoms with Gasteiger partial charge in [0.15, 0.2) is 0 Å². The minimum Gasteiger partial charge on any atom is -0.491 e. The van der Waals surface area contributed by atoms with E-state index in [2.05, 4.69) is 0 Å². The third-order valence-electron chi connectivity index (χ3n) is 2.06. The zero-order chi connectivity index (χ0) is 12.8. The number of anilines is 1. The largest absolute Gasteiger partial charge is 0.491 e. The van der Waals surface area contributed by atoms with Crippen LogP contribution in [0.5, 0.6) is 5.75 Å².